The average Bonchev–Trinajstić information content (AvgIpc) is 2.60. The molecule has 25 heavy (non-hydrogen) atoms. The van der Waals surface area contributed by atoms with Gasteiger partial charge in [0, 0.05) is 17.4 Å². The van der Waals surface area contributed by atoms with Crippen LogP contribution >= 0.6 is 0 Å². The van der Waals surface area contributed by atoms with E-state index in [0.717, 1.165) is 22.5 Å². The highest BCUT2D eigenvalue weighted by atomic mass is 16.1. The molecule has 3 rings (SSSR count). The molecule has 0 saturated heterocycles. The largest absolute Gasteiger partial charge is 0.340 e. The molecule has 0 radical (unpaired) electrons. The van der Waals surface area contributed by atoms with E-state index in [1.807, 2.05) is 63.2 Å². The van der Waals surface area contributed by atoms with Gasteiger partial charge in [-0.2, -0.15) is 0 Å². The summed E-state index contributed by atoms with van der Waals surface area (Å²) in [5.74, 6) is 0.311. The number of anilines is 3. The SMILES string of the molecule is Cc1ccc(Nc2cc(C(=O)Nc3ccc(C)cc3C)ncn2)cc1. The molecule has 0 atom stereocenters. The predicted octanol–water partition coefficient (Wildman–Crippen LogP) is 4.40. The first-order valence-corrected chi connectivity index (χ1v) is 8.05. The summed E-state index contributed by atoms with van der Waals surface area (Å²) in [6.07, 6.45) is 1.38. The molecule has 1 amide bonds. The summed E-state index contributed by atoms with van der Waals surface area (Å²) in [7, 11) is 0. The first kappa shape index (κ1) is 16.6. The van der Waals surface area contributed by atoms with Crippen molar-refractivity contribution in [2.75, 3.05) is 10.6 Å². The fourth-order valence-electron chi connectivity index (χ4n) is 2.47. The van der Waals surface area contributed by atoms with Gasteiger partial charge in [-0.15, -0.1) is 0 Å². The first-order chi connectivity index (χ1) is 12.0. The van der Waals surface area contributed by atoms with E-state index in [9.17, 15) is 4.79 Å². The summed E-state index contributed by atoms with van der Waals surface area (Å²) in [6.45, 7) is 6.02. The minimum atomic E-state index is -0.263. The van der Waals surface area contributed by atoms with Gasteiger partial charge in [0.2, 0.25) is 0 Å². The lowest BCUT2D eigenvalue weighted by Crippen LogP contribution is -2.15. The van der Waals surface area contributed by atoms with Gasteiger partial charge in [0.05, 0.1) is 0 Å². The molecular formula is C20H20N4O. The second kappa shape index (κ2) is 7.13. The lowest BCUT2D eigenvalue weighted by atomic mass is 10.1. The van der Waals surface area contributed by atoms with Gasteiger partial charge in [0.25, 0.3) is 5.91 Å². The highest BCUT2D eigenvalue weighted by Crippen LogP contribution is 2.18. The third-order valence-corrected chi connectivity index (χ3v) is 3.85. The van der Waals surface area contributed by atoms with Crippen LogP contribution in [0, 0.1) is 20.8 Å². The molecule has 1 heterocycles. The van der Waals surface area contributed by atoms with Crippen molar-refractivity contribution in [1.29, 1.82) is 0 Å². The van der Waals surface area contributed by atoms with Crippen molar-refractivity contribution in [2.24, 2.45) is 0 Å². The Morgan fingerprint density at radius 1 is 0.880 bits per heavy atom. The molecule has 5 nitrogen and oxygen atoms in total. The minimum absolute atomic E-state index is 0.263. The van der Waals surface area contributed by atoms with E-state index in [0.29, 0.717) is 11.5 Å². The fourth-order valence-corrected chi connectivity index (χ4v) is 2.47. The molecule has 126 valence electrons. The van der Waals surface area contributed by atoms with Crippen LogP contribution in [0.2, 0.25) is 0 Å². The van der Waals surface area contributed by atoms with Crippen LogP contribution in [0.3, 0.4) is 0 Å². The van der Waals surface area contributed by atoms with E-state index in [4.69, 9.17) is 0 Å². The molecule has 0 aliphatic carbocycles. The Balaban J connectivity index is 1.76. The lowest BCUT2D eigenvalue weighted by Gasteiger charge is -2.10. The molecular weight excluding hydrogens is 312 g/mol. The third-order valence-electron chi connectivity index (χ3n) is 3.85. The summed E-state index contributed by atoms with van der Waals surface area (Å²) in [5.41, 5.74) is 5.35. The number of benzene rings is 2. The summed E-state index contributed by atoms with van der Waals surface area (Å²) >= 11 is 0. The summed E-state index contributed by atoms with van der Waals surface area (Å²) in [4.78, 5) is 20.7. The van der Waals surface area contributed by atoms with Crippen molar-refractivity contribution < 1.29 is 4.79 Å². The molecule has 2 N–H and O–H groups in total. The number of aromatic nitrogens is 2. The highest BCUT2D eigenvalue weighted by Gasteiger charge is 2.11. The van der Waals surface area contributed by atoms with Crippen molar-refractivity contribution in [3.05, 3.63) is 77.2 Å². The van der Waals surface area contributed by atoms with Crippen LogP contribution in [-0.4, -0.2) is 15.9 Å². The van der Waals surface area contributed by atoms with Crippen LogP contribution in [-0.2, 0) is 0 Å². The molecule has 0 saturated carbocycles. The number of hydrogen-bond acceptors (Lipinski definition) is 4. The normalized spacial score (nSPS) is 10.4. The van der Waals surface area contributed by atoms with Gasteiger partial charge in [-0.05, 0) is 44.5 Å². The fraction of sp³-hybridized carbons (Fsp3) is 0.150. The highest BCUT2D eigenvalue weighted by molar-refractivity contribution is 6.03. The second-order valence-corrected chi connectivity index (χ2v) is 6.05. The van der Waals surface area contributed by atoms with Gasteiger partial charge in [-0.25, -0.2) is 9.97 Å². The van der Waals surface area contributed by atoms with E-state index in [1.54, 1.807) is 6.07 Å². The van der Waals surface area contributed by atoms with Gasteiger partial charge < -0.3 is 10.6 Å². The van der Waals surface area contributed by atoms with Crippen molar-refractivity contribution >= 4 is 23.1 Å². The Kier molecular flexibility index (Phi) is 4.75. The number of amides is 1. The molecule has 0 fully saturated rings. The number of nitrogens with one attached hydrogen (secondary N) is 2. The topological polar surface area (TPSA) is 66.9 Å². The van der Waals surface area contributed by atoms with Gasteiger partial charge in [0.1, 0.15) is 17.8 Å². The van der Waals surface area contributed by atoms with Gasteiger partial charge >= 0.3 is 0 Å². The quantitative estimate of drug-likeness (QED) is 0.743. The Labute approximate surface area is 147 Å². The first-order valence-electron chi connectivity index (χ1n) is 8.05. The van der Waals surface area contributed by atoms with Crippen molar-refractivity contribution in [3.8, 4) is 0 Å². The zero-order valence-electron chi connectivity index (χ0n) is 14.5. The second-order valence-electron chi connectivity index (χ2n) is 6.05. The summed E-state index contributed by atoms with van der Waals surface area (Å²) in [5, 5.41) is 6.07. The number of carbonyl (C=O) groups is 1. The third kappa shape index (κ3) is 4.20. The number of nitrogens with zero attached hydrogens (tertiary/aromatic N) is 2. The molecule has 0 aliphatic rings. The van der Waals surface area contributed by atoms with E-state index >= 15 is 0 Å². The monoisotopic (exact) mass is 332 g/mol. The number of hydrogen-bond donors (Lipinski definition) is 2. The Morgan fingerprint density at radius 3 is 2.32 bits per heavy atom. The molecule has 0 aliphatic heterocycles. The van der Waals surface area contributed by atoms with E-state index < -0.39 is 0 Å². The molecule has 2 aromatic carbocycles. The van der Waals surface area contributed by atoms with Crippen LogP contribution in [0.1, 0.15) is 27.2 Å². The van der Waals surface area contributed by atoms with Crippen LogP contribution in [0.25, 0.3) is 0 Å². The Morgan fingerprint density at radius 2 is 1.60 bits per heavy atom. The predicted molar refractivity (Wildman–Crippen MR) is 100 cm³/mol. The number of carbonyl (C=O) groups excluding carboxylic acids is 1. The standard InChI is InChI=1S/C20H20N4O/c1-13-4-7-16(8-5-13)23-19-11-18(21-12-22-19)20(25)24-17-9-6-14(2)10-15(17)3/h4-12H,1-3H3,(H,24,25)(H,21,22,23). The number of rotatable bonds is 4. The summed E-state index contributed by atoms with van der Waals surface area (Å²) in [6, 6.07) is 15.5. The number of aryl methyl sites for hydroxylation is 3. The molecule has 0 unspecified atom stereocenters. The van der Waals surface area contributed by atoms with Crippen LogP contribution in [0.5, 0.6) is 0 Å². The smallest absolute Gasteiger partial charge is 0.274 e. The molecule has 1 aromatic heterocycles. The van der Waals surface area contributed by atoms with Gasteiger partial charge in [-0.3, -0.25) is 4.79 Å². The zero-order chi connectivity index (χ0) is 17.8. The molecule has 0 spiro atoms. The molecule has 3 aromatic rings. The van der Waals surface area contributed by atoms with Gasteiger partial charge in [0.15, 0.2) is 0 Å². The van der Waals surface area contributed by atoms with Crippen LogP contribution < -0.4 is 10.6 Å². The molecule has 0 bridgehead atoms. The van der Waals surface area contributed by atoms with Crippen molar-refractivity contribution in [2.45, 2.75) is 20.8 Å². The van der Waals surface area contributed by atoms with E-state index in [2.05, 4.69) is 20.6 Å². The van der Waals surface area contributed by atoms with Crippen molar-refractivity contribution in [3.63, 3.8) is 0 Å². The van der Waals surface area contributed by atoms with Crippen molar-refractivity contribution in [1.82, 2.24) is 9.97 Å². The maximum atomic E-state index is 12.5. The maximum absolute atomic E-state index is 12.5. The van der Waals surface area contributed by atoms with Crippen LogP contribution in [0.15, 0.2) is 54.9 Å². The Hall–Kier alpha value is -3.21. The van der Waals surface area contributed by atoms with E-state index in [-0.39, 0.29) is 5.91 Å². The minimum Gasteiger partial charge on any atom is -0.340 e. The lowest BCUT2D eigenvalue weighted by molar-refractivity contribution is 0.102. The summed E-state index contributed by atoms with van der Waals surface area (Å²) < 4.78 is 0. The maximum Gasteiger partial charge on any atom is 0.274 e. The zero-order valence-corrected chi connectivity index (χ0v) is 14.5. The molecule has 5 heteroatoms. The average molecular weight is 332 g/mol. The Bertz CT molecular complexity index is 904. The van der Waals surface area contributed by atoms with E-state index in [1.165, 1.54) is 11.9 Å². The van der Waals surface area contributed by atoms with Gasteiger partial charge in [-0.1, -0.05) is 35.4 Å². The van der Waals surface area contributed by atoms with Crippen LogP contribution in [0.4, 0.5) is 17.2 Å².